The molecule has 0 aliphatic carbocycles. The number of pyridine rings is 1. The summed E-state index contributed by atoms with van der Waals surface area (Å²) in [5.74, 6) is 0. The summed E-state index contributed by atoms with van der Waals surface area (Å²) in [6.07, 6.45) is 2.77. The average Bonchev–Trinajstić information content (AvgIpc) is 2.53. The van der Waals surface area contributed by atoms with E-state index in [9.17, 15) is 15.2 Å². The fraction of sp³-hybridized carbons (Fsp3) is 0.267. The summed E-state index contributed by atoms with van der Waals surface area (Å²) >= 11 is 0. The van der Waals surface area contributed by atoms with Gasteiger partial charge in [-0.15, -0.1) is 0 Å². The lowest BCUT2D eigenvalue weighted by Gasteiger charge is -2.17. The molecule has 0 amide bonds. The summed E-state index contributed by atoms with van der Waals surface area (Å²) in [5.41, 5.74) is 1.70. The van der Waals surface area contributed by atoms with Crippen molar-refractivity contribution < 1.29 is 10.0 Å². The Morgan fingerprint density at radius 3 is 2.57 bits per heavy atom. The maximum Gasteiger partial charge on any atom is 0.269 e. The Labute approximate surface area is 122 Å². The van der Waals surface area contributed by atoms with Gasteiger partial charge >= 0.3 is 0 Å². The molecule has 0 aliphatic heterocycles. The number of nitrogens with zero attached hydrogens (tertiary/aromatic N) is 2. The molecule has 0 saturated carbocycles. The normalized spacial score (nSPS) is 13.6. The van der Waals surface area contributed by atoms with Gasteiger partial charge in [-0.2, -0.15) is 0 Å². The molecule has 2 unspecified atom stereocenters. The van der Waals surface area contributed by atoms with Gasteiger partial charge < -0.3 is 10.4 Å². The molecule has 0 radical (unpaired) electrons. The molecule has 2 N–H and O–H groups in total. The molecule has 2 atom stereocenters. The molecule has 110 valence electrons. The van der Waals surface area contributed by atoms with E-state index < -0.39 is 11.0 Å². The van der Waals surface area contributed by atoms with E-state index in [1.54, 1.807) is 24.5 Å². The van der Waals surface area contributed by atoms with Crippen molar-refractivity contribution in [2.24, 2.45) is 0 Å². The zero-order valence-electron chi connectivity index (χ0n) is 11.6. The molecule has 0 aliphatic rings. The Bertz CT molecular complexity index is 587. The third-order valence-electron chi connectivity index (χ3n) is 3.29. The van der Waals surface area contributed by atoms with Crippen LogP contribution < -0.4 is 5.32 Å². The van der Waals surface area contributed by atoms with Crippen molar-refractivity contribution in [3.05, 3.63) is 70.0 Å². The van der Waals surface area contributed by atoms with Gasteiger partial charge in [0, 0.05) is 37.1 Å². The van der Waals surface area contributed by atoms with Crippen LogP contribution >= 0.6 is 0 Å². The molecule has 0 spiro atoms. The summed E-state index contributed by atoms with van der Waals surface area (Å²) in [6.45, 7) is 2.34. The number of hydrogen-bond acceptors (Lipinski definition) is 5. The van der Waals surface area contributed by atoms with Crippen molar-refractivity contribution in [2.45, 2.75) is 19.1 Å². The van der Waals surface area contributed by atoms with Gasteiger partial charge in [0.05, 0.1) is 11.0 Å². The zero-order valence-corrected chi connectivity index (χ0v) is 11.6. The van der Waals surface area contributed by atoms with E-state index in [-0.39, 0.29) is 11.7 Å². The molecule has 2 rings (SSSR count). The maximum atomic E-state index is 10.6. The van der Waals surface area contributed by atoms with Gasteiger partial charge in [0.2, 0.25) is 0 Å². The Balaban J connectivity index is 1.92. The fourth-order valence-corrected chi connectivity index (χ4v) is 1.97. The minimum absolute atomic E-state index is 0.0163. The molecule has 0 bridgehead atoms. The lowest BCUT2D eigenvalue weighted by molar-refractivity contribution is -0.384. The summed E-state index contributed by atoms with van der Waals surface area (Å²) in [5, 5.41) is 23.9. The Morgan fingerprint density at radius 2 is 2.00 bits per heavy atom. The van der Waals surface area contributed by atoms with Crippen molar-refractivity contribution in [1.82, 2.24) is 10.3 Å². The van der Waals surface area contributed by atoms with E-state index in [2.05, 4.69) is 10.3 Å². The number of hydrogen-bond donors (Lipinski definition) is 2. The zero-order chi connectivity index (χ0) is 15.2. The monoisotopic (exact) mass is 287 g/mol. The van der Waals surface area contributed by atoms with Gasteiger partial charge in [0.1, 0.15) is 0 Å². The lowest BCUT2D eigenvalue weighted by atomic mass is 10.1. The van der Waals surface area contributed by atoms with Crippen molar-refractivity contribution in [3.8, 4) is 0 Å². The molecule has 1 aromatic heterocycles. The van der Waals surface area contributed by atoms with E-state index in [4.69, 9.17) is 0 Å². The van der Waals surface area contributed by atoms with Crippen molar-refractivity contribution >= 4 is 5.69 Å². The van der Waals surface area contributed by atoms with E-state index >= 15 is 0 Å². The molecule has 1 heterocycles. The summed E-state index contributed by atoms with van der Waals surface area (Å²) in [7, 11) is 0. The quantitative estimate of drug-likeness (QED) is 0.629. The molecule has 6 heteroatoms. The van der Waals surface area contributed by atoms with Crippen LogP contribution in [0.3, 0.4) is 0 Å². The maximum absolute atomic E-state index is 10.6. The standard InChI is InChI=1S/C15H17N3O3/c1-11(13-3-2-8-16-9-13)17-10-15(19)12-4-6-14(7-5-12)18(20)21/h2-9,11,15,17,19H,10H2,1H3. The molecular weight excluding hydrogens is 270 g/mol. The molecule has 6 nitrogen and oxygen atoms in total. The highest BCUT2D eigenvalue weighted by atomic mass is 16.6. The highest BCUT2D eigenvalue weighted by molar-refractivity contribution is 5.33. The second kappa shape index (κ2) is 6.92. The van der Waals surface area contributed by atoms with Gasteiger partial charge in [-0.25, -0.2) is 0 Å². The van der Waals surface area contributed by atoms with Gasteiger partial charge in [-0.05, 0) is 36.2 Å². The number of aliphatic hydroxyl groups excluding tert-OH is 1. The lowest BCUT2D eigenvalue weighted by Crippen LogP contribution is -2.24. The van der Waals surface area contributed by atoms with Gasteiger partial charge in [-0.3, -0.25) is 15.1 Å². The Kier molecular flexibility index (Phi) is 4.97. The SMILES string of the molecule is CC(NCC(O)c1ccc([N+](=O)[O-])cc1)c1cccnc1. The highest BCUT2D eigenvalue weighted by Gasteiger charge is 2.12. The third kappa shape index (κ3) is 4.08. The van der Waals surface area contributed by atoms with E-state index in [1.165, 1.54) is 12.1 Å². The Morgan fingerprint density at radius 1 is 1.29 bits per heavy atom. The molecule has 2 aromatic rings. The first-order valence-corrected chi connectivity index (χ1v) is 6.63. The number of nitro groups is 1. The number of nitro benzene ring substituents is 1. The molecule has 0 saturated heterocycles. The van der Waals surface area contributed by atoms with Crippen LogP contribution in [0, 0.1) is 10.1 Å². The van der Waals surface area contributed by atoms with Crippen LogP contribution in [0.1, 0.15) is 30.2 Å². The number of aromatic nitrogens is 1. The Hall–Kier alpha value is -2.31. The van der Waals surface area contributed by atoms with Crippen LogP contribution in [0.25, 0.3) is 0 Å². The first-order chi connectivity index (χ1) is 10.1. The predicted octanol–water partition coefficient (Wildman–Crippen LogP) is 2.37. The van der Waals surface area contributed by atoms with E-state index in [0.29, 0.717) is 12.1 Å². The summed E-state index contributed by atoms with van der Waals surface area (Å²) in [6, 6.07) is 9.81. The van der Waals surface area contributed by atoms with Crippen LogP contribution in [0.2, 0.25) is 0 Å². The molecular formula is C15H17N3O3. The highest BCUT2D eigenvalue weighted by Crippen LogP contribution is 2.18. The van der Waals surface area contributed by atoms with Crippen LogP contribution in [0.15, 0.2) is 48.8 Å². The number of non-ortho nitro benzene ring substituents is 1. The van der Waals surface area contributed by atoms with Gasteiger partial charge in [0.25, 0.3) is 5.69 Å². The van der Waals surface area contributed by atoms with Crippen LogP contribution in [-0.2, 0) is 0 Å². The van der Waals surface area contributed by atoms with Crippen LogP contribution in [-0.4, -0.2) is 21.6 Å². The summed E-state index contributed by atoms with van der Waals surface area (Å²) in [4.78, 5) is 14.2. The van der Waals surface area contributed by atoms with E-state index in [1.807, 2.05) is 19.1 Å². The number of aliphatic hydroxyl groups is 1. The van der Waals surface area contributed by atoms with E-state index in [0.717, 1.165) is 5.56 Å². The minimum Gasteiger partial charge on any atom is -0.387 e. The number of nitrogens with one attached hydrogen (secondary N) is 1. The van der Waals surface area contributed by atoms with Crippen molar-refractivity contribution in [2.75, 3.05) is 6.54 Å². The topological polar surface area (TPSA) is 88.3 Å². The first kappa shape index (κ1) is 15.1. The van der Waals surface area contributed by atoms with Gasteiger partial charge in [0.15, 0.2) is 0 Å². The predicted molar refractivity (Wildman–Crippen MR) is 78.7 cm³/mol. The first-order valence-electron chi connectivity index (χ1n) is 6.63. The third-order valence-corrected chi connectivity index (χ3v) is 3.29. The second-order valence-corrected chi connectivity index (χ2v) is 4.78. The van der Waals surface area contributed by atoms with Crippen molar-refractivity contribution in [1.29, 1.82) is 0 Å². The number of rotatable bonds is 6. The smallest absolute Gasteiger partial charge is 0.269 e. The second-order valence-electron chi connectivity index (χ2n) is 4.78. The van der Waals surface area contributed by atoms with Crippen LogP contribution in [0.4, 0.5) is 5.69 Å². The molecule has 0 fully saturated rings. The fourth-order valence-electron chi connectivity index (χ4n) is 1.97. The molecule has 21 heavy (non-hydrogen) atoms. The average molecular weight is 287 g/mol. The minimum atomic E-state index is -0.718. The molecule has 1 aromatic carbocycles. The number of benzene rings is 1. The van der Waals surface area contributed by atoms with Crippen LogP contribution in [0.5, 0.6) is 0 Å². The largest absolute Gasteiger partial charge is 0.387 e. The summed E-state index contributed by atoms with van der Waals surface area (Å²) < 4.78 is 0. The van der Waals surface area contributed by atoms with Gasteiger partial charge in [-0.1, -0.05) is 6.07 Å². The van der Waals surface area contributed by atoms with Crippen molar-refractivity contribution in [3.63, 3.8) is 0 Å².